The van der Waals surface area contributed by atoms with Gasteiger partial charge < -0.3 is 25.4 Å². The molecular formula is C32H41N3O5. The van der Waals surface area contributed by atoms with Gasteiger partial charge in [0.2, 0.25) is 5.91 Å². The molecule has 3 N–H and O–H groups in total. The molecule has 0 spiro atoms. The molecule has 0 aliphatic rings. The standard InChI is InChI=1S/C32H41N3O5/c1-7-8-17-35(30(38)27(20-36)34-31(39)40-32(4,5)6)28(26-18-21(2)13-14-22(26)3)29(37)33-25-16-15-23-11-9-10-12-24(23)19-25/h9-16,18-19,27-28,36H,7-8,17,20H2,1-6H3,(H,33,37)(H,34,39). The molecule has 0 fully saturated rings. The van der Waals surface area contributed by atoms with Crippen LogP contribution in [-0.4, -0.2) is 52.7 Å². The van der Waals surface area contributed by atoms with E-state index in [2.05, 4.69) is 10.6 Å². The van der Waals surface area contributed by atoms with E-state index in [1.165, 1.54) is 4.90 Å². The monoisotopic (exact) mass is 547 g/mol. The van der Waals surface area contributed by atoms with Crippen molar-refractivity contribution >= 4 is 34.4 Å². The summed E-state index contributed by atoms with van der Waals surface area (Å²) in [4.78, 5) is 42.0. The first kappa shape index (κ1) is 30.6. The lowest BCUT2D eigenvalue weighted by molar-refractivity contribution is -0.141. The van der Waals surface area contributed by atoms with Gasteiger partial charge in [0.25, 0.3) is 5.91 Å². The van der Waals surface area contributed by atoms with Crippen molar-refractivity contribution in [2.24, 2.45) is 0 Å². The number of ether oxygens (including phenoxy) is 1. The third kappa shape index (κ3) is 8.05. The van der Waals surface area contributed by atoms with Crippen molar-refractivity contribution in [2.45, 2.75) is 72.1 Å². The Morgan fingerprint density at radius 1 is 0.975 bits per heavy atom. The second kappa shape index (κ2) is 13.4. The van der Waals surface area contributed by atoms with Crippen LogP contribution in [0.5, 0.6) is 0 Å². The quantitative estimate of drug-likeness (QED) is 0.304. The number of benzene rings is 3. The Hall–Kier alpha value is -3.91. The van der Waals surface area contributed by atoms with Crippen LogP contribution in [0.4, 0.5) is 10.5 Å². The molecule has 2 atom stereocenters. The lowest BCUT2D eigenvalue weighted by atomic mass is 9.95. The Bertz CT molecular complexity index is 1350. The molecule has 0 radical (unpaired) electrons. The van der Waals surface area contributed by atoms with Crippen LogP contribution >= 0.6 is 0 Å². The number of aliphatic hydroxyl groups is 1. The summed E-state index contributed by atoms with van der Waals surface area (Å²) in [5.74, 6) is -0.955. The number of anilines is 1. The van der Waals surface area contributed by atoms with Gasteiger partial charge in [-0.2, -0.15) is 0 Å². The number of amides is 3. The molecule has 3 amide bonds. The van der Waals surface area contributed by atoms with E-state index in [9.17, 15) is 19.5 Å². The molecule has 3 rings (SSSR count). The zero-order valence-electron chi connectivity index (χ0n) is 24.3. The topological polar surface area (TPSA) is 108 Å². The smallest absolute Gasteiger partial charge is 0.408 e. The van der Waals surface area contributed by atoms with E-state index >= 15 is 0 Å². The number of nitrogens with zero attached hydrogens (tertiary/aromatic N) is 1. The van der Waals surface area contributed by atoms with Crippen molar-refractivity contribution in [3.05, 3.63) is 77.4 Å². The van der Waals surface area contributed by atoms with Crippen molar-refractivity contribution in [2.75, 3.05) is 18.5 Å². The van der Waals surface area contributed by atoms with Gasteiger partial charge in [-0.05, 0) is 75.1 Å². The molecule has 0 heterocycles. The molecule has 214 valence electrons. The minimum absolute atomic E-state index is 0.255. The Morgan fingerprint density at radius 3 is 2.33 bits per heavy atom. The van der Waals surface area contributed by atoms with E-state index < -0.39 is 36.3 Å². The number of hydrogen-bond acceptors (Lipinski definition) is 5. The molecule has 0 aromatic heterocycles. The van der Waals surface area contributed by atoms with E-state index in [-0.39, 0.29) is 12.5 Å². The van der Waals surface area contributed by atoms with Crippen molar-refractivity contribution in [3.63, 3.8) is 0 Å². The maximum Gasteiger partial charge on any atom is 0.408 e. The molecule has 0 bridgehead atoms. The first-order valence-corrected chi connectivity index (χ1v) is 13.7. The number of rotatable bonds is 10. The third-order valence-corrected chi connectivity index (χ3v) is 6.51. The summed E-state index contributed by atoms with van der Waals surface area (Å²) in [5, 5.41) is 17.6. The van der Waals surface area contributed by atoms with E-state index in [1.54, 1.807) is 20.8 Å². The third-order valence-electron chi connectivity index (χ3n) is 6.51. The van der Waals surface area contributed by atoms with Crippen LogP contribution in [0.2, 0.25) is 0 Å². The molecular weight excluding hydrogens is 506 g/mol. The maximum absolute atomic E-state index is 14.1. The van der Waals surface area contributed by atoms with Gasteiger partial charge >= 0.3 is 6.09 Å². The Labute approximate surface area is 236 Å². The van der Waals surface area contributed by atoms with Gasteiger partial charge in [-0.3, -0.25) is 9.59 Å². The summed E-state index contributed by atoms with van der Waals surface area (Å²) in [6, 6.07) is 17.0. The van der Waals surface area contributed by atoms with Gasteiger partial charge in [-0.25, -0.2) is 4.79 Å². The second-order valence-electron chi connectivity index (χ2n) is 11.1. The molecule has 0 aliphatic heterocycles. The van der Waals surface area contributed by atoms with Crippen molar-refractivity contribution < 1.29 is 24.2 Å². The number of unbranched alkanes of at least 4 members (excludes halogenated alkanes) is 1. The maximum atomic E-state index is 14.1. The molecule has 2 unspecified atom stereocenters. The van der Waals surface area contributed by atoms with Crippen LogP contribution in [-0.2, 0) is 14.3 Å². The Kier molecular flexibility index (Phi) is 10.3. The van der Waals surface area contributed by atoms with Gasteiger partial charge in [-0.1, -0.05) is 67.4 Å². The van der Waals surface area contributed by atoms with Gasteiger partial charge in [0.1, 0.15) is 17.7 Å². The number of aliphatic hydroxyl groups excluding tert-OH is 1. The highest BCUT2D eigenvalue weighted by Gasteiger charge is 2.36. The number of alkyl carbamates (subject to hydrolysis) is 1. The molecule has 3 aromatic carbocycles. The number of carbonyl (C=O) groups is 3. The number of nitrogens with one attached hydrogen (secondary N) is 2. The number of fused-ring (bicyclic) bond motifs is 1. The van der Waals surface area contributed by atoms with Crippen LogP contribution in [0.3, 0.4) is 0 Å². The first-order chi connectivity index (χ1) is 18.9. The summed E-state index contributed by atoms with van der Waals surface area (Å²) in [6.45, 7) is 10.6. The van der Waals surface area contributed by atoms with Crippen LogP contribution in [0.25, 0.3) is 10.8 Å². The number of hydrogen-bond donors (Lipinski definition) is 3. The van der Waals surface area contributed by atoms with Crippen LogP contribution < -0.4 is 10.6 Å². The molecule has 40 heavy (non-hydrogen) atoms. The fourth-order valence-electron chi connectivity index (χ4n) is 4.51. The predicted molar refractivity (Wildman–Crippen MR) is 158 cm³/mol. The molecule has 0 saturated carbocycles. The zero-order chi connectivity index (χ0) is 29.4. The summed E-state index contributed by atoms with van der Waals surface area (Å²) in [7, 11) is 0. The fourth-order valence-corrected chi connectivity index (χ4v) is 4.51. The van der Waals surface area contributed by atoms with E-state index in [4.69, 9.17) is 4.74 Å². The number of aryl methyl sites for hydroxylation is 2. The SMILES string of the molecule is CCCCN(C(=O)C(CO)NC(=O)OC(C)(C)C)C(C(=O)Nc1ccc2ccccc2c1)c1cc(C)ccc1C. The van der Waals surface area contributed by atoms with Crippen LogP contribution in [0, 0.1) is 13.8 Å². The second-order valence-corrected chi connectivity index (χ2v) is 11.1. The minimum atomic E-state index is -1.28. The molecule has 0 aliphatic carbocycles. The van der Waals surface area contributed by atoms with Gasteiger partial charge in [0, 0.05) is 12.2 Å². The van der Waals surface area contributed by atoms with Gasteiger partial charge in [0.05, 0.1) is 6.61 Å². The molecule has 8 heteroatoms. The van der Waals surface area contributed by atoms with Crippen molar-refractivity contribution in [3.8, 4) is 0 Å². The highest BCUT2D eigenvalue weighted by atomic mass is 16.6. The molecule has 8 nitrogen and oxygen atoms in total. The first-order valence-electron chi connectivity index (χ1n) is 13.7. The zero-order valence-corrected chi connectivity index (χ0v) is 24.3. The van der Waals surface area contributed by atoms with Crippen LogP contribution in [0.15, 0.2) is 60.7 Å². The Balaban J connectivity index is 2.02. The normalized spacial score (nSPS) is 12.9. The summed E-state index contributed by atoms with van der Waals surface area (Å²) in [6.07, 6.45) is 0.582. The molecule has 0 saturated heterocycles. The van der Waals surface area contributed by atoms with Gasteiger partial charge in [0.15, 0.2) is 0 Å². The summed E-state index contributed by atoms with van der Waals surface area (Å²) < 4.78 is 5.31. The van der Waals surface area contributed by atoms with Crippen molar-refractivity contribution in [1.82, 2.24) is 10.2 Å². The predicted octanol–water partition coefficient (Wildman–Crippen LogP) is 5.65. The Morgan fingerprint density at radius 2 is 1.68 bits per heavy atom. The molecule has 3 aromatic rings. The largest absolute Gasteiger partial charge is 0.444 e. The van der Waals surface area contributed by atoms with Gasteiger partial charge in [-0.15, -0.1) is 0 Å². The van der Waals surface area contributed by atoms with Crippen molar-refractivity contribution in [1.29, 1.82) is 0 Å². The number of carbonyl (C=O) groups excluding carboxylic acids is 3. The fraction of sp³-hybridized carbons (Fsp3) is 0.406. The van der Waals surface area contributed by atoms with Crippen LogP contribution in [0.1, 0.15) is 63.3 Å². The lowest BCUT2D eigenvalue weighted by Gasteiger charge is -2.35. The average molecular weight is 548 g/mol. The van der Waals surface area contributed by atoms with E-state index in [0.29, 0.717) is 17.7 Å². The highest BCUT2D eigenvalue weighted by Crippen LogP contribution is 2.29. The lowest BCUT2D eigenvalue weighted by Crippen LogP contribution is -2.54. The van der Waals surface area contributed by atoms with E-state index in [1.807, 2.05) is 81.4 Å². The highest BCUT2D eigenvalue weighted by molar-refractivity contribution is 6.00. The minimum Gasteiger partial charge on any atom is -0.444 e. The summed E-state index contributed by atoms with van der Waals surface area (Å²) in [5.41, 5.74) is 2.29. The summed E-state index contributed by atoms with van der Waals surface area (Å²) >= 11 is 0. The van der Waals surface area contributed by atoms with E-state index in [0.717, 1.165) is 28.3 Å². The average Bonchev–Trinajstić information content (AvgIpc) is 2.89.